The van der Waals surface area contributed by atoms with E-state index in [0.717, 1.165) is 27.5 Å². The monoisotopic (exact) mass is 244 g/mol. The molecular weight excluding hydrogens is 223 g/mol. The van der Waals surface area contributed by atoms with E-state index >= 15 is 0 Å². The van der Waals surface area contributed by atoms with Crippen LogP contribution in [0.3, 0.4) is 0 Å². The van der Waals surface area contributed by atoms with E-state index in [1.54, 1.807) is 0 Å². The second-order valence-corrected chi connectivity index (χ2v) is 5.44. The number of benzene rings is 2. The van der Waals surface area contributed by atoms with Gasteiger partial charge in [-0.15, -0.1) is 0 Å². The average molecular weight is 244 g/mol. The van der Waals surface area contributed by atoms with Gasteiger partial charge in [0.15, 0.2) is 0 Å². The van der Waals surface area contributed by atoms with Crippen molar-refractivity contribution in [3.8, 4) is 0 Å². The quantitative estimate of drug-likeness (QED) is 0.602. The summed E-state index contributed by atoms with van der Waals surface area (Å²) in [4.78, 5) is 0. The van der Waals surface area contributed by atoms with Crippen LogP contribution in [-0.4, -0.2) is 0 Å². The lowest BCUT2D eigenvalue weighted by Crippen LogP contribution is -2.02. The zero-order valence-electron chi connectivity index (χ0n) is 12.4. The van der Waals surface area contributed by atoms with Crippen molar-refractivity contribution in [1.82, 2.24) is 0 Å². The molecule has 0 N–H and O–H groups in total. The SMILES string of the molecule is Cc1c(C)c(C)c2c(F)c(C)c(C)c(C)c2c1C. The summed E-state index contributed by atoms with van der Waals surface area (Å²) in [6.07, 6.45) is 0. The summed E-state index contributed by atoms with van der Waals surface area (Å²) in [5, 5.41) is 1.92. The molecule has 0 unspecified atom stereocenters. The minimum Gasteiger partial charge on any atom is -0.206 e. The molecule has 0 aromatic heterocycles. The van der Waals surface area contributed by atoms with Crippen LogP contribution in [0.1, 0.15) is 38.9 Å². The topological polar surface area (TPSA) is 0 Å². The normalized spacial score (nSPS) is 11.3. The van der Waals surface area contributed by atoms with Crippen molar-refractivity contribution < 1.29 is 4.39 Å². The summed E-state index contributed by atoms with van der Waals surface area (Å²) in [6.45, 7) is 14.3. The molecule has 0 spiro atoms. The number of aryl methyl sites for hydroxylation is 3. The molecule has 0 radical (unpaired) electrons. The van der Waals surface area contributed by atoms with Crippen molar-refractivity contribution in [2.45, 2.75) is 48.5 Å². The minimum atomic E-state index is -0.0446. The van der Waals surface area contributed by atoms with Gasteiger partial charge in [-0.2, -0.15) is 0 Å². The van der Waals surface area contributed by atoms with Crippen molar-refractivity contribution >= 4 is 10.8 Å². The molecule has 0 bridgehead atoms. The van der Waals surface area contributed by atoms with E-state index < -0.39 is 0 Å². The molecule has 0 aliphatic carbocycles. The molecule has 96 valence electrons. The number of hydrogen-bond donors (Lipinski definition) is 0. The Morgan fingerprint density at radius 2 is 0.778 bits per heavy atom. The van der Waals surface area contributed by atoms with E-state index in [1.807, 2.05) is 20.8 Å². The predicted molar refractivity (Wildman–Crippen MR) is 77.1 cm³/mol. The molecule has 0 atom stereocenters. The van der Waals surface area contributed by atoms with Gasteiger partial charge in [-0.25, -0.2) is 4.39 Å². The Morgan fingerprint density at radius 1 is 0.444 bits per heavy atom. The van der Waals surface area contributed by atoms with Gasteiger partial charge in [0.05, 0.1) is 0 Å². The summed E-state index contributed by atoms with van der Waals surface area (Å²) in [5.41, 5.74) is 7.86. The molecule has 0 nitrogen and oxygen atoms in total. The minimum absolute atomic E-state index is 0.0446. The van der Waals surface area contributed by atoms with E-state index in [4.69, 9.17) is 0 Å². The van der Waals surface area contributed by atoms with E-state index in [-0.39, 0.29) is 5.82 Å². The van der Waals surface area contributed by atoms with Crippen molar-refractivity contribution in [3.05, 3.63) is 44.8 Å². The maximum absolute atomic E-state index is 14.6. The first-order chi connectivity index (χ1) is 8.29. The van der Waals surface area contributed by atoms with Crippen LogP contribution in [-0.2, 0) is 0 Å². The van der Waals surface area contributed by atoms with E-state index in [2.05, 4.69) is 27.7 Å². The highest BCUT2D eigenvalue weighted by Gasteiger charge is 2.18. The summed E-state index contributed by atoms with van der Waals surface area (Å²) >= 11 is 0. The maximum atomic E-state index is 14.6. The van der Waals surface area contributed by atoms with E-state index in [1.165, 1.54) is 22.3 Å². The third-order valence-electron chi connectivity index (χ3n) is 4.74. The zero-order valence-corrected chi connectivity index (χ0v) is 12.4. The van der Waals surface area contributed by atoms with Gasteiger partial charge < -0.3 is 0 Å². The van der Waals surface area contributed by atoms with Crippen LogP contribution in [0.2, 0.25) is 0 Å². The van der Waals surface area contributed by atoms with Crippen molar-refractivity contribution in [2.24, 2.45) is 0 Å². The lowest BCUT2D eigenvalue weighted by atomic mass is 9.86. The number of hydrogen-bond acceptors (Lipinski definition) is 0. The Hall–Kier alpha value is -1.37. The van der Waals surface area contributed by atoms with Gasteiger partial charge in [0, 0.05) is 5.39 Å². The van der Waals surface area contributed by atoms with E-state index in [9.17, 15) is 4.39 Å². The summed E-state index contributed by atoms with van der Waals surface area (Å²) in [6, 6.07) is 0. The first-order valence-corrected chi connectivity index (χ1v) is 6.44. The zero-order chi connectivity index (χ0) is 13.8. The van der Waals surface area contributed by atoms with Gasteiger partial charge >= 0.3 is 0 Å². The molecule has 0 aliphatic rings. The Kier molecular flexibility index (Phi) is 2.96. The van der Waals surface area contributed by atoms with Crippen molar-refractivity contribution in [1.29, 1.82) is 0 Å². The highest BCUT2D eigenvalue weighted by atomic mass is 19.1. The molecular formula is C17H21F. The Labute approximate surface area is 109 Å². The average Bonchev–Trinajstić information content (AvgIpc) is 2.35. The highest BCUT2D eigenvalue weighted by molar-refractivity contribution is 5.95. The molecule has 0 amide bonds. The van der Waals surface area contributed by atoms with Gasteiger partial charge in [-0.3, -0.25) is 0 Å². The molecule has 0 heterocycles. The molecule has 2 aromatic rings. The van der Waals surface area contributed by atoms with Crippen LogP contribution in [0.5, 0.6) is 0 Å². The predicted octanol–water partition coefficient (Wildman–Crippen LogP) is 5.14. The van der Waals surface area contributed by atoms with Crippen LogP contribution in [0.4, 0.5) is 4.39 Å². The Morgan fingerprint density at radius 3 is 1.22 bits per heavy atom. The van der Waals surface area contributed by atoms with Crippen LogP contribution in [0, 0.1) is 54.3 Å². The number of halogens is 1. The van der Waals surface area contributed by atoms with Crippen LogP contribution >= 0.6 is 0 Å². The second-order valence-electron chi connectivity index (χ2n) is 5.44. The summed E-state index contributed by atoms with van der Waals surface area (Å²) < 4.78 is 14.6. The number of rotatable bonds is 0. The van der Waals surface area contributed by atoms with Crippen molar-refractivity contribution in [3.63, 3.8) is 0 Å². The standard InChI is InChI=1S/C17H21F/c1-8-9(2)13(6)16-15(11(8)4)12(5)10(3)14(7)17(16)18/h1-7H3. The first-order valence-electron chi connectivity index (χ1n) is 6.44. The largest absolute Gasteiger partial charge is 0.206 e. The molecule has 0 fully saturated rings. The van der Waals surface area contributed by atoms with Crippen LogP contribution in [0.25, 0.3) is 10.8 Å². The van der Waals surface area contributed by atoms with Gasteiger partial charge in [0.2, 0.25) is 0 Å². The van der Waals surface area contributed by atoms with Gasteiger partial charge in [-0.1, -0.05) is 0 Å². The second kappa shape index (κ2) is 4.08. The first kappa shape index (κ1) is 13.1. The molecule has 0 saturated carbocycles. The van der Waals surface area contributed by atoms with Gasteiger partial charge in [-0.05, 0) is 92.8 Å². The van der Waals surface area contributed by atoms with Crippen molar-refractivity contribution in [2.75, 3.05) is 0 Å². The fraction of sp³-hybridized carbons (Fsp3) is 0.412. The fourth-order valence-corrected chi connectivity index (χ4v) is 2.88. The Balaban J connectivity index is 3.22. The fourth-order valence-electron chi connectivity index (χ4n) is 2.88. The lowest BCUT2D eigenvalue weighted by Gasteiger charge is -2.19. The van der Waals surface area contributed by atoms with Gasteiger partial charge in [0.1, 0.15) is 5.82 Å². The molecule has 0 aliphatic heterocycles. The number of fused-ring (bicyclic) bond motifs is 1. The molecule has 0 saturated heterocycles. The summed E-state index contributed by atoms with van der Waals surface area (Å²) in [7, 11) is 0. The molecule has 2 rings (SSSR count). The van der Waals surface area contributed by atoms with Gasteiger partial charge in [0.25, 0.3) is 0 Å². The van der Waals surface area contributed by atoms with Crippen LogP contribution in [0.15, 0.2) is 0 Å². The maximum Gasteiger partial charge on any atom is 0.134 e. The molecule has 2 aromatic carbocycles. The highest BCUT2D eigenvalue weighted by Crippen LogP contribution is 2.36. The third kappa shape index (κ3) is 1.50. The molecule has 1 heteroatoms. The van der Waals surface area contributed by atoms with E-state index in [0.29, 0.717) is 0 Å². The van der Waals surface area contributed by atoms with Crippen LogP contribution < -0.4 is 0 Å². The Bertz CT molecular complexity index is 551. The lowest BCUT2D eigenvalue weighted by molar-refractivity contribution is 0.628. The molecule has 18 heavy (non-hydrogen) atoms. The summed E-state index contributed by atoms with van der Waals surface area (Å²) in [5.74, 6) is -0.0446. The smallest absolute Gasteiger partial charge is 0.134 e. The third-order valence-corrected chi connectivity index (χ3v) is 4.74.